The molecule has 5 heterocycles. The molecular weight excluding hydrogens is 777 g/mol. The molecule has 0 aliphatic carbocycles. The Morgan fingerprint density at radius 1 is 0.787 bits per heavy atom. The van der Waals surface area contributed by atoms with Gasteiger partial charge in [0.25, 0.3) is 5.91 Å². The van der Waals surface area contributed by atoms with Gasteiger partial charge in [-0.15, -0.1) is 0 Å². The predicted octanol–water partition coefficient (Wildman–Crippen LogP) is 7.47. The van der Waals surface area contributed by atoms with Gasteiger partial charge in [-0.1, -0.05) is 62.4 Å². The number of methoxy groups -OCH3 is 2. The van der Waals surface area contributed by atoms with E-state index in [1.807, 2.05) is 55.1 Å². The van der Waals surface area contributed by atoms with Gasteiger partial charge in [0, 0.05) is 29.4 Å². The van der Waals surface area contributed by atoms with Crippen LogP contribution in [0.15, 0.2) is 79.0 Å². The molecule has 4 aromatic carbocycles. The minimum atomic E-state index is -0.902. The van der Waals surface area contributed by atoms with Crippen LogP contribution in [0.25, 0.3) is 44.2 Å². The number of likely N-dealkylation sites (tertiary alicyclic amines) is 2. The topological polar surface area (TPSA) is 184 Å². The Morgan fingerprint density at radius 3 is 2.21 bits per heavy atom. The van der Waals surface area contributed by atoms with Crippen molar-refractivity contribution in [3.05, 3.63) is 102 Å². The molecule has 314 valence electrons. The number of carbonyl (C=O) groups is 4. The molecule has 2 saturated heterocycles. The Labute approximate surface area is 352 Å². The summed E-state index contributed by atoms with van der Waals surface area (Å²) < 4.78 is 16.2. The molecule has 2 aromatic heterocycles. The molecule has 4 atom stereocenters. The number of nitrogens with one attached hydrogen (secondary N) is 4. The second-order valence-corrected chi connectivity index (χ2v) is 16.2. The van der Waals surface area contributed by atoms with Crippen LogP contribution in [0.1, 0.15) is 80.4 Å². The Morgan fingerprint density at radius 2 is 1.48 bits per heavy atom. The van der Waals surface area contributed by atoms with Crippen LogP contribution in [-0.2, 0) is 25.7 Å². The van der Waals surface area contributed by atoms with Crippen LogP contribution in [0.3, 0.4) is 0 Å². The van der Waals surface area contributed by atoms with E-state index < -0.39 is 24.3 Å². The molecule has 0 saturated carbocycles. The SMILES string of the molecule is COC(=O)NC(C(=O)N1CCC[C@H]1c1ncc(-c2ccc3c(c2)COc2c-3ccc3c2ccc2[nH]c([C@@H]4CCCN4C(=O)[C@H](NC(=O)OC)c4ccccc4)nc23)[nH]1)C(C)C. The van der Waals surface area contributed by atoms with Crippen molar-refractivity contribution in [1.29, 1.82) is 0 Å². The average Bonchev–Trinajstić information content (AvgIpc) is 4.13. The van der Waals surface area contributed by atoms with E-state index >= 15 is 0 Å². The number of nitrogens with zero attached hydrogens (tertiary/aromatic N) is 4. The van der Waals surface area contributed by atoms with Gasteiger partial charge in [-0.3, -0.25) is 9.59 Å². The van der Waals surface area contributed by atoms with Crippen molar-refractivity contribution in [2.45, 2.75) is 70.3 Å². The second-order valence-electron chi connectivity index (χ2n) is 16.2. The van der Waals surface area contributed by atoms with E-state index in [0.717, 1.165) is 81.2 Å². The molecule has 4 N–H and O–H groups in total. The summed E-state index contributed by atoms with van der Waals surface area (Å²) in [4.78, 5) is 72.5. The van der Waals surface area contributed by atoms with Crippen LogP contribution in [-0.4, -0.2) is 87.1 Å². The van der Waals surface area contributed by atoms with E-state index in [2.05, 4.69) is 57.0 Å². The van der Waals surface area contributed by atoms with Crippen LogP contribution in [0.2, 0.25) is 0 Å². The molecule has 3 aliphatic rings. The summed E-state index contributed by atoms with van der Waals surface area (Å²) >= 11 is 0. The summed E-state index contributed by atoms with van der Waals surface area (Å²) in [6.07, 6.45) is 3.63. The summed E-state index contributed by atoms with van der Waals surface area (Å²) in [6.45, 7) is 5.29. The first-order valence-electron chi connectivity index (χ1n) is 20.7. The van der Waals surface area contributed by atoms with Gasteiger partial charge >= 0.3 is 12.2 Å². The normalized spacial score (nSPS) is 18.0. The predicted molar refractivity (Wildman–Crippen MR) is 227 cm³/mol. The lowest BCUT2D eigenvalue weighted by molar-refractivity contribution is -0.135. The van der Waals surface area contributed by atoms with Gasteiger partial charge in [-0.25, -0.2) is 19.6 Å². The Balaban J connectivity index is 0.959. The minimum Gasteiger partial charge on any atom is -0.488 e. The molecular formula is C46H48N8O7. The standard InChI is InChI=1S/C46H48N8O7/c1-25(2)37(51-45(57)59-3)43(55)53-20-8-12-35(53)41-47-23-34(49-41)27-14-15-29-28(22-27)24-61-40-31(29)17-16-30-32(40)18-19-33-39(30)50-42(48-33)36-13-9-21-54(36)44(56)38(52-46(58)60-4)26-10-6-5-7-11-26/h5-7,10-11,14-19,22-23,25,35-38H,8-9,12-13,20-21,24H2,1-4H3,(H,47,49)(H,48,50)(H,51,57)(H,52,58)/t35-,36-,37?,38+/m0/s1. The van der Waals surface area contributed by atoms with E-state index in [0.29, 0.717) is 36.9 Å². The quantitative estimate of drug-likeness (QED) is 0.115. The first-order chi connectivity index (χ1) is 29.6. The van der Waals surface area contributed by atoms with Gasteiger partial charge in [0.2, 0.25) is 5.91 Å². The third-order valence-corrected chi connectivity index (χ3v) is 12.2. The number of aromatic amines is 2. The number of fused-ring (bicyclic) bond motifs is 7. The highest BCUT2D eigenvalue weighted by Crippen LogP contribution is 2.45. The third-order valence-electron chi connectivity index (χ3n) is 12.2. The third kappa shape index (κ3) is 7.27. The monoisotopic (exact) mass is 824 g/mol. The molecule has 15 nitrogen and oxygen atoms in total. The van der Waals surface area contributed by atoms with Crippen molar-refractivity contribution in [2.75, 3.05) is 27.3 Å². The number of alkyl carbamates (subject to hydrolysis) is 2. The zero-order valence-electron chi connectivity index (χ0n) is 34.5. The number of hydrogen-bond donors (Lipinski definition) is 4. The number of H-pyrrole nitrogens is 2. The number of imidazole rings is 2. The fraction of sp³-hybridized carbons (Fsp3) is 0.348. The van der Waals surface area contributed by atoms with Crippen LogP contribution in [0.4, 0.5) is 9.59 Å². The van der Waals surface area contributed by atoms with E-state index in [9.17, 15) is 19.2 Å². The van der Waals surface area contributed by atoms with Gasteiger partial charge < -0.3 is 44.6 Å². The summed E-state index contributed by atoms with van der Waals surface area (Å²) in [5.41, 5.74) is 7.22. The molecule has 0 bridgehead atoms. The maximum Gasteiger partial charge on any atom is 0.407 e. The first-order valence-corrected chi connectivity index (χ1v) is 20.7. The van der Waals surface area contributed by atoms with Crippen molar-refractivity contribution in [3.63, 3.8) is 0 Å². The second kappa shape index (κ2) is 16.3. The summed E-state index contributed by atoms with van der Waals surface area (Å²) in [6, 6.07) is 21.6. The Hall–Kier alpha value is -6.90. The van der Waals surface area contributed by atoms with Crippen LogP contribution in [0, 0.1) is 5.92 Å². The van der Waals surface area contributed by atoms with Gasteiger partial charge in [0.15, 0.2) is 0 Å². The largest absolute Gasteiger partial charge is 0.488 e. The van der Waals surface area contributed by atoms with Crippen molar-refractivity contribution in [1.82, 2.24) is 40.4 Å². The maximum atomic E-state index is 14.1. The molecule has 0 radical (unpaired) electrons. The summed E-state index contributed by atoms with van der Waals surface area (Å²) in [5, 5.41) is 7.32. The number of amides is 4. The van der Waals surface area contributed by atoms with Crippen LogP contribution < -0.4 is 15.4 Å². The molecule has 0 spiro atoms. The number of aromatic nitrogens is 4. The first kappa shape index (κ1) is 39.6. The zero-order valence-corrected chi connectivity index (χ0v) is 34.5. The molecule has 6 aromatic rings. The summed E-state index contributed by atoms with van der Waals surface area (Å²) in [5.74, 6) is 1.70. The lowest BCUT2D eigenvalue weighted by Crippen LogP contribution is -2.51. The molecule has 2 fully saturated rings. The van der Waals surface area contributed by atoms with Gasteiger partial charge in [0.05, 0.1) is 49.2 Å². The number of rotatable bonds is 9. The van der Waals surface area contributed by atoms with E-state index in [1.165, 1.54) is 14.2 Å². The fourth-order valence-electron chi connectivity index (χ4n) is 9.12. The van der Waals surface area contributed by atoms with Crippen molar-refractivity contribution < 1.29 is 33.4 Å². The molecule has 3 aliphatic heterocycles. The maximum absolute atomic E-state index is 14.1. The lowest BCUT2D eigenvalue weighted by Gasteiger charge is -2.30. The van der Waals surface area contributed by atoms with E-state index in [-0.39, 0.29) is 29.8 Å². The van der Waals surface area contributed by atoms with Crippen molar-refractivity contribution in [3.8, 4) is 28.1 Å². The number of carbonyl (C=O) groups excluding carboxylic acids is 4. The van der Waals surface area contributed by atoms with Crippen LogP contribution >= 0.6 is 0 Å². The van der Waals surface area contributed by atoms with Gasteiger partial charge in [-0.05, 0) is 78.1 Å². The highest BCUT2D eigenvalue weighted by molar-refractivity contribution is 6.09. The fourth-order valence-corrected chi connectivity index (χ4v) is 9.12. The van der Waals surface area contributed by atoms with Crippen LogP contribution in [0.5, 0.6) is 5.75 Å². The number of ether oxygens (including phenoxy) is 3. The van der Waals surface area contributed by atoms with E-state index in [4.69, 9.17) is 24.2 Å². The molecule has 15 heteroatoms. The molecule has 9 rings (SSSR count). The molecule has 61 heavy (non-hydrogen) atoms. The minimum absolute atomic E-state index is 0.120. The average molecular weight is 825 g/mol. The lowest BCUT2D eigenvalue weighted by atomic mass is 9.92. The van der Waals surface area contributed by atoms with E-state index in [1.54, 1.807) is 11.1 Å². The van der Waals surface area contributed by atoms with Crippen molar-refractivity contribution in [2.24, 2.45) is 5.92 Å². The molecule has 1 unspecified atom stereocenters. The zero-order chi connectivity index (χ0) is 42.4. The number of hydrogen-bond acceptors (Lipinski definition) is 9. The summed E-state index contributed by atoms with van der Waals surface area (Å²) in [7, 11) is 2.57. The number of benzene rings is 4. The highest BCUT2D eigenvalue weighted by atomic mass is 16.5. The molecule has 4 amide bonds. The Kier molecular flexibility index (Phi) is 10.6. The smallest absolute Gasteiger partial charge is 0.407 e. The Bertz CT molecular complexity index is 2660. The van der Waals surface area contributed by atoms with Crippen molar-refractivity contribution >= 4 is 45.8 Å². The highest BCUT2D eigenvalue weighted by Gasteiger charge is 2.39. The van der Waals surface area contributed by atoms with Gasteiger partial charge in [-0.2, -0.15) is 0 Å². The van der Waals surface area contributed by atoms with Gasteiger partial charge in [0.1, 0.15) is 36.1 Å².